The van der Waals surface area contributed by atoms with E-state index in [2.05, 4.69) is 25.9 Å². The fraction of sp³-hybridized carbons (Fsp3) is 0.478. The number of aliphatic carboxylic acids is 1. The number of hydrogen-bond acceptors (Lipinski definition) is 7. The number of hydrogen-bond donors (Lipinski definition) is 4. The van der Waals surface area contributed by atoms with E-state index < -0.39 is 23.0 Å². The minimum Gasteiger partial charge on any atom is -0.481 e. The van der Waals surface area contributed by atoms with E-state index in [1.807, 2.05) is 0 Å². The molecule has 5 rings (SSSR count). The normalized spacial score (nSPS) is 19.3. The summed E-state index contributed by atoms with van der Waals surface area (Å²) < 4.78 is 1.60. The van der Waals surface area contributed by atoms with Gasteiger partial charge >= 0.3 is 5.97 Å². The molecular weight excluding hydrogens is 440 g/mol. The van der Waals surface area contributed by atoms with Crippen LogP contribution in [-0.2, 0) is 15.3 Å². The number of fused-ring (bicyclic) bond motifs is 2. The molecule has 0 bridgehead atoms. The van der Waals surface area contributed by atoms with Gasteiger partial charge in [0, 0.05) is 6.07 Å². The number of anilines is 3. The number of carboxylic acids is 1. The van der Waals surface area contributed by atoms with Crippen LogP contribution in [0.2, 0.25) is 0 Å². The van der Waals surface area contributed by atoms with Gasteiger partial charge < -0.3 is 21.1 Å². The maximum Gasteiger partial charge on any atom is 0.304 e. The summed E-state index contributed by atoms with van der Waals surface area (Å²) in [5.74, 6) is -1.14. The van der Waals surface area contributed by atoms with Crippen LogP contribution in [0.25, 0.3) is 0 Å². The highest BCUT2D eigenvalue weighted by Crippen LogP contribution is 2.49. The van der Waals surface area contributed by atoms with Crippen LogP contribution in [0.3, 0.4) is 0 Å². The summed E-state index contributed by atoms with van der Waals surface area (Å²) in [5, 5.41) is 17.8. The van der Waals surface area contributed by atoms with E-state index in [0.717, 1.165) is 19.3 Å². The van der Waals surface area contributed by atoms with Crippen molar-refractivity contribution in [2.45, 2.75) is 64.0 Å². The van der Waals surface area contributed by atoms with Crippen molar-refractivity contribution >= 4 is 35.1 Å². The predicted octanol–water partition coefficient (Wildman–Crippen LogP) is 2.24. The number of nitrogens with zero attached hydrogens (tertiary/aromatic N) is 3. The molecule has 0 radical (unpaired) electrons. The lowest BCUT2D eigenvalue weighted by atomic mass is 9.89. The zero-order valence-corrected chi connectivity index (χ0v) is 18.8. The van der Waals surface area contributed by atoms with Gasteiger partial charge in [0.05, 0.1) is 11.8 Å². The summed E-state index contributed by atoms with van der Waals surface area (Å²) in [7, 11) is 0. The summed E-state index contributed by atoms with van der Waals surface area (Å²) in [6, 6.07) is 3.11. The molecule has 1 aliphatic heterocycles. The molecule has 3 heterocycles. The lowest BCUT2D eigenvalue weighted by molar-refractivity contribution is -0.140. The molecule has 0 aromatic carbocycles. The van der Waals surface area contributed by atoms with Crippen molar-refractivity contribution in [2.75, 3.05) is 10.6 Å². The number of rotatable bonds is 6. The van der Waals surface area contributed by atoms with Gasteiger partial charge in [-0.25, -0.2) is 9.97 Å². The van der Waals surface area contributed by atoms with Gasteiger partial charge in [0.1, 0.15) is 35.0 Å². The first kappa shape index (κ1) is 22.1. The quantitative estimate of drug-likeness (QED) is 0.505. The average molecular weight is 466 g/mol. The minimum absolute atomic E-state index is 0.206. The molecule has 0 saturated heterocycles. The fourth-order valence-electron chi connectivity index (χ4n) is 5.14. The maximum absolute atomic E-state index is 13.5. The summed E-state index contributed by atoms with van der Waals surface area (Å²) in [6.07, 6.45) is 6.40. The molecule has 1 spiro atoms. The third-order valence-corrected chi connectivity index (χ3v) is 7.06. The first-order valence-electron chi connectivity index (χ1n) is 11.5. The van der Waals surface area contributed by atoms with Gasteiger partial charge in [0.15, 0.2) is 0 Å². The number of aromatic nitrogens is 3. The molecule has 2 aliphatic carbocycles. The molecular formula is C23H26N6O5. The van der Waals surface area contributed by atoms with Crippen molar-refractivity contribution in [1.29, 1.82) is 0 Å². The second kappa shape index (κ2) is 7.93. The number of carboxylic acid groups (broad SMARTS) is 1. The van der Waals surface area contributed by atoms with E-state index in [-0.39, 0.29) is 29.4 Å². The second-order valence-corrected chi connectivity index (χ2v) is 9.50. The smallest absolute Gasteiger partial charge is 0.304 e. The molecule has 34 heavy (non-hydrogen) atoms. The molecule has 2 aromatic rings. The molecule has 3 aliphatic rings. The second-order valence-electron chi connectivity index (χ2n) is 9.50. The molecule has 4 N–H and O–H groups in total. The van der Waals surface area contributed by atoms with Gasteiger partial charge in [-0.05, 0) is 57.1 Å². The van der Waals surface area contributed by atoms with Crippen LogP contribution in [0.4, 0.5) is 17.3 Å². The molecule has 0 unspecified atom stereocenters. The highest BCUT2D eigenvalue weighted by molar-refractivity contribution is 5.99. The van der Waals surface area contributed by atoms with Crippen molar-refractivity contribution < 1.29 is 19.5 Å². The molecule has 2 amide bonds. The first-order chi connectivity index (χ1) is 16.2. The van der Waals surface area contributed by atoms with Crippen LogP contribution in [-0.4, -0.2) is 37.4 Å². The highest BCUT2D eigenvalue weighted by Gasteiger charge is 2.51. The minimum atomic E-state index is -1.02. The fourth-order valence-corrected chi connectivity index (χ4v) is 5.14. The lowest BCUT2D eigenvalue weighted by Crippen LogP contribution is -2.48. The summed E-state index contributed by atoms with van der Waals surface area (Å²) in [6.45, 7) is 1.79. The monoisotopic (exact) mass is 466 g/mol. The Bertz CT molecular complexity index is 1260. The number of carbonyl (C=O) groups excluding carboxylic acids is 2. The standard InChI is InChI=1S/C23H26N6O5/c1-13-9-14(20(33)29-18(13)19(32)28-23(29)5-3-2-4-6-23)26-15-10-16(25-12-24-15)27-21(34)22(7-8-22)11-17(30)31/h9-10,12H,2-8,11H2,1H3,(H,28,32)(H,30,31)(H2,24,25,26,27,34). The lowest BCUT2D eigenvalue weighted by Gasteiger charge is -2.35. The van der Waals surface area contributed by atoms with Crippen molar-refractivity contribution in [3.63, 3.8) is 0 Å². The van der Waals surface area contributed by atoms with Crippen molar-refractivity contribution in [2.24, 2.45) is 5.41 Å². The van der Waals surface area contributed by atoms with Crippen LogP contribution in [0, 0.1) is 12.3 Å². The van der Waals surface area contributed by atoms with Crippen molar-refractivity contribution in [3.8, 4) is 0 Å². The molecule has 2 saturated carbocycles. The van der Waals surface area contributed by atoms with Gasteiger partial charge in [-0.2, -0.15) is 0 Å². The Balaban J connectivity index is 1.42. The van der Waals surface area contributed by atoms with Crippen LogP contribution in [0.15, 0.2) is 23.3 Å². The summed E-state index contributed by atoms with van der Waals surface area (Å²) >= 11 is 0. The van der Waals surface area contributed by atoms with Gasteiger partial charge in [-0.3, -0.25) is 23.7 Å². The molecule has 11 heteroatoms. The number of pyridine rings is 1. The Morgan fingerprint density at radius 2 is 1.79 bits per heavy atom. The summed E-state index contributed by atoms with van der Waals surface area (Å²) in [5.41, 5.74) is -0.576. The van der Waals surface area contributed by atoms with E-state index in [1.54, 1.807) is 17.6 Å². The SMILES string of the molecule is Cc1cc(Nc2cc(NC(=O)C3(CC(=O)O)CC3)ncn2)c(=O)n2c1C(=O)NC21CCCCC1. The average Bonchev–Trinajstić information content (AvgIpc) is 3.50. The zero-order chi connectivity index (χ0) is 24.1. The topological polar surface area (TPSA) is 155 Å². The Labute approximate surface area is 195 Å². The highest BCUT2D eigenvalue weighted by atomic mass is 16.4. The Morgan fingerprint density at radius 1 is 1.09 bits per heavy atom. The maximum atomic E-state index is 13.5. The van der Waals surface area contributed by atoms with Gasteiger partial charge in [-0.15, -0.1) is 0 Å². The van der Waals surface area contributed by atoms with E-state index >= 15 is 0 Å². The number of aryl methyl sites for hydroxylation is 1. The van der Waals surface area contributed by atoms with E-state index in [4.69, 9.17) is 5.11 Å². The Hall–Kier alpha value is -3.76. The third kappa shape index (κ3) is 3.70. The van der Waals surface area contributed by atoms with Crippen LogP contribution in [0.1, 0.15) is 67.4 Å². The van der Waals surface area contributed by atoms with E-state index in [9.17, 15) is 19.2 Å². The molecule has 11 nitrogen and oxygen atoms in total. The number of nitrogens with one attached hydrogen (secondary N) is 3. The Kier molecular flexibility index (Phi) is 5.14. The third-order valence-electron chi connectivity index (χ3n) is 7.06. The largest absolute Gasteiger partial charge is 0.481 e. The first-order valence-corrected chi connectivity index (χ1v) is 11.5. The molecule has 178 valence electrons. The van der Waals surface area contributed by atoms with E-state index in [0.29, 0.717) is 42.8 Å². The van der Waals surface area contributed by atoms with Gasteiger partial charge in [0.25, 0.3) is 11.5 Å². The Morgan fingerprint density at radius 3 is 2.47 bits per heavy atom. The van der Waals surface area contributed by atoms with Crippen LogP contribution >= 0.6 is 0 Å². The van der Waals surface area contributed by atoms with Crippen molar-refractivity contribution in [3.05, 3.63) is 40.1 Å². The zero-order valence-electron chi connectivity index (χ0n) is 18.8. The molecule has 2 aromatic heterocycles. The van der Waals surface area contributed by atoms with Crippen LogP contribution < -0.4 is 21.5 Å². The predicted molar refractivity (Wildman–Crippen MR) is 122 cm³/mol. The number of carbonyl (C=O) groups is 3. The van der Waals surface area contributed by atoms with Crippen molar-refractivity contribution in [1.82, 2.24) is 19.9 Å². The van der Waals surface area contributed by atoms with Gasteiger partial charge in [0.2, 0.25) is 5.91 Å². The molecule has 2 fully saturated rings. The summed E-state index contributed by atoms with van der Waals surface area (Å²) in [4.78, 5) is 58.0. The number of amides is 2. The van der Waals surface area contributed by atoms with E-state index in [1.165, 1.54) is 12.4 Å². The van der Waals surface area contributed by atoms with Crippen LogP contribution in [0.5, 0.6) is 0 Å². The molecule has 0 atom stereocenters. The van der Waals surface area contributed by atoms with Gasteiger partial charge in [-0.1, -0.05) is 6.42 Å².